The first kappa shape index (κ1) is 40.1. The molecule has 55 heavy (non-hydrogen) atoms. The number of hydrogen-bond acceptors (Lipinski definition) is 10. The van der Waals surface area contributed by atoms with Crippen molar-refractivity contribution >= 4 is 41.7 Å². The van der Waals surface area contributed by atoms with E-state index in [4.69, 9.17) is 13.9 Å². The lowest BCUT2D eigenvalue weighted by Crippen LogP contribution is -2.63. The summed E-state index contributed by atoms with van der Waals surface area (Å²) in [6, 6.07) is 11.5. The van der Waals surface area contributed by atoms with Gasteiger partial charge in [0.2, 0.25) is 24.1 Å². The molecule has 13 nitrogen and oxygen atoms in total. The number of nitro benzene ring substituents is 1. The van der Waals surface area contributed by atoms with Gasteiger partial charge in [0.1, 0.15) is 6.61 Å². The number of nitro groups is 1. The summed E-state index contributed by atoms with van der Waals surface area (Å²) in [6.07, 6.45) is 7.29. The summed E-state index contributed by atoms with van der Waals surface area (Å²) in [5.41, 5.74) is -1.61. The molecule has 2 aliphatic carbocycles. The third kappa shape index (κ3) is 7.29. The van der Waals surface area contributed by atoms with E-state index in [1.807, 2.05) is 36.4 Å². The number of methoxy groups -OCH3 is 1. The van der Waals surface area contributed by atoms with E-state index in [9.17, 15) is 28.1 Å². The SMILES string of the molecule is COC1=CC(=O)[C@@H]2CC(O[Si](C)(C)C(C)(C)C)=C[C@H](N3C(=O)OC[C@@H]3c3ccccc3)[C@]2(C[C@@H]2/C=C\CCCCN2S(=O)(=O)c2ccccc2[N+](=O)[O-])C1=O. The number of benzene rings is 2. The Kier molecular flexibility index (Phi) is 11.0. The number of rotatable bonds is 10. The van der Waals surface area contributed by atoms with Crippen LogP contribution in [0.25, 0.3) is 0 Å². The molecule has 2 aromatic rings. The standard InChI is InChI=1S/C40H49N3O10SSi/c1-39(2,3)55(5,6)53-29-22-30-33(44)24-34(51-4)37(45)40(30,36(23-29)42-32(26-52-38(42)46)27-16-10-9-11-17-27)25-28-18-12-7-8-15-21-41(28)54(49,50)35-20-14-13-19-31(35)43(47)48/h9-14,16-20,23-24,28,30,32,36H,7-8,15,21-22,25-26H2,1-6H3/b18-12-/t28-,30-,32+,36-,40+/m0/s1. The molecule has 0 unspecified atom stereocenters. The highest BCUT2D eigenvalue weighted by molar-refractivity contribution is 7.89. The number of carbonyl (C=O) groups excluding carboxylic acids is 3. The zero-order chi connectivity index (χ0) is 39.9. The Morgan fingerprint density at radius 2 is 1.73 bits per heavy atom. The van der Waals surface area contributed by atoms with Gasteiger partial charge in [-0.2, -0.15) is 4.31 Å². The van der Waals surface area contributed by atoms with Gasteiger partial charge in [0.05, 0.1) is 35.3 Å². The number of ether oxygens (including phenoxy) is 2. The van der Waals surface area contributed by atoms with E-state index in [0.717, 1.165) is 11.6 Å². The molecule has 1 amide bonds. The van der Waals surface area contributed by atoms with E-state index in [2.05, 4.69) is 33.9 Å². The van der Waals surface area contributed by atoms with Crippen LogP contribution in [0.4, 0.5) is 10.5 Å². The number of fused-ring (bicyclic) bond motifs is 1. The van der Waals surface area contributed by atoms with Crippen molar-refractivity contribution in [2.75, 3.05) is 20.3 Å². The third-order valence-corrected chi connectivity index (χ3v) is 18.2. The van der Waals surface area contributed by atoms with E-state index in [-0.39, 0.29) is 36.8 Å². The van der Waals surface area contributed by atoms with Crippen LogP contribution in [0.2, 0.25) is 18.1 Å². The van der Waals surface area contributed by atoms with Crippen LogP contribution in [0.5, 0.6) is 0 Å². The van der Waals surface area contributed by atoms with Gasteiger partial charge in [-0.05, 0) is 61.5 Å². The second kappa shape index (κ2) is 15.1. The number of Topliss-reactive ketones (excluding diaryl/α,β-unsaturated/α-hetero) is 1. The van der Waals surface area contributed by atoms with Crippen molar-refractivity contribution in [3.05, 3.63) is 106 Å². The fraction of sp³-hybridized carbons (Fsp3) is 0.475. The van der Waals surface area contributed by atoms with Crippen molar-refractivity contribution in [1.82, 2.24) is 9.21 Å². The molecule has 4 aliphatic rings. The third-order valence-electron chi connectivity index (χ3n) is 11.9. The molecule has 1 saturated heterocycles. The van der Waals surface area contributed by atoms with E-state index >= 15 is 4.79 Å². The maximum absolute atomic E-state index is 15.3. The number of amides is 1. The molecule has 1 fully saturated rings. The average molecular weight is 792 g/mol. The number of sulfonamides is 1. The van der Waals surface area contributed by atoms with Crippen molar-refractivity contribution < 1.29 is 41.6 Å². The summed E-state index contributed by atoms with van der Waals surface area (Å²) in [4.78, 5) is 56.2. The first-order valence-corrected chi connectivity index (χ1v) is 22.9. The lowest BCUT2D eigenvalue weighted by molar-refractivity contribution is -0.387. The highest BCUT2D eigenvalue weighted by Crippen LogP contribution is 2.55. The number of ketones is 2. The van der Waals surface area contributed by atoms with Crippen LogP contribution in [0.1, 0.15) is 64.5 Å². The topological polar surface area (TPSA) is 163 Å². The van der Waals surface area contributed by atoms with Crippen molar-refractivity contribution in [1.29, 1.82) is 0 Å². The van der Waals surface area contributed by atoms with Crippen molar-refractivity contribution in [2.24, 2.45) is 11.3 Å². The summed E-state index contributed by atoms with van der Waals surface area (Å²) in [7, 11) is -5.80. The van der Waals surface area contributed by atoms with Gasteiger partial charge in [0.25, 0.3) is 5.69 Å². The number of nitrogens with zero attached hydrogens (tertiary/aromatic N) is 3. The molecule has 2 aliphatic heterocycles. The van der Waals surface area contributed by atoms with Crippen LogP contribution in [0, 0.1) is 21.4 Å². The number of para-hydroxylation sites is 1. The molecule has 15 heteroatoms. The summed E-state index contributed by atoms with van der Waals surface area (Å²) in [6.45, 7) is 10.4. The lowest BCUT2D eigenvalue weighted by Gasteiger charge is -2.53. The molecule has 2 heterocycles. The van der Waals surface area contributed by atoms with Gasteiger partial charge in [-0.1, -0.05) is 75.4 Å². The Labute approximate surface area is 323 Å². The van der Waals surface area contributed by atoms with Crippen LogP contribution in [-0.2, 0) is 33.5 Å². The molecule has 2 aromatic carbocycles. The van der Waals surface area contributed by atoms with Gasteiger partial charge >= 0.3 is 6.09 Å². The second-order valence-electron chi connectivity index (χ2n) is 16.1. The Bertz CT molecular complexity index is 2060. The summed E-state index contributed by atoms with van der Waals surface area (Å²) in [5, 5.41) is 11.9. The lowest BCUT2D eigenvalue weighted by atomic mass is 9.55. The van der Waals surface area contributed by atoms with Gasteiger partial charge in [0, 0.05) is 37.1 Å². The summed E-state index contributed by atoms with van der Waals surface area (Å²) in [5.74, 6) is -1.81. The highest BCUT2D eigenvalue weighted by atomic mass is 32.2. The number of allylic oxidation sites excluding steroid dienone is 4. The molecule has 5 atom stereocenters. The maximum Gasteiger partial charge on any atom is 0.411 e. The molecule has 0 radical (unpaired) electrons. The average Bonchev–Trinajstić information content (AvgIpc) is 3.51. The fourth-order valence-electron chi connectivity index (χ4n) is 8.03. The van der Waals surface area contributed by atoms with Gasteiger partial charge in [-0.15, -0.1) is 0 Å². The molecule has 0 N–H and O–H groups in total. The Morgan fingerprint density at radius 1 is 1.04 bits per heavy atom. The molecule has 0 bridgehead atoms. The van der Waals surface area contributed by atoms with Gasteiger partial charge in [0.15, 0.2) is 16.4 Å². The Balaban J connectivity index is 1.59. The van der Waals surface area contributed by atoms with Crippen LogP contribution >= 0.6 is 0 Å². The molecule has 294 valence electrons. The van der Waals surface area contributed by atoms with Gasteiger partial charge < -0.3 is 13.9 Å². The van der Waals surface area contributed by atoms with Gasteiger partial charge in [-0.3, -0.25) is 24.6 Å². The van der Waals surface area contributed by atoms with Gasteiger partial charge in [-0.25, -0.2) is 13.2 Å². The van der Waals surface area contributed by atoms with Crippen LogP contribution in [0.3, 0.4) is 0 Å². The van der Waals surface area contributed by atoms with Crippen molar-refractivity contribution in [3.8, 4) is 0 Å². The number of carbonyl (C=O) groups is 3. The van der Waals surface area contributed by atoms with Crippen LogP contribution in [-0.4, -0.2) is 80.9 Å². The van der Waals surface area contributed by atoms with E-state index in [1.54, 1.807) is 12.2 Å². The number of cyclic esters (lactones) is 1. The molecule has 0 aromatic heterocycles. The van der Waals surface area contributed by atoms with Crippen molar-refractivity contribution in [2.45, 2.75) is 94.0 Å². The number of hydrogen-bond donors (Lipinski definition) is 0. The zero-order valence-corrected chi connectivity index (χ0v) is 33.9. The molecule has 0 saturated carbocycles. The van der Waals surface area contributed by atoms with E-state index < -0.39 is 81.0 Å². The predicted octanol–water partition coefficient (Wildman–Crippen LogP) is 7.24. The minimum atomic E-state index is -4.56. The normalized spacial score (nSPS) is 27.2. The summed E-state index contributed by atoms with van der Waals surface area (Å²) >= 11 is 0. The monoisotopic (exact) mass is 791 g/mol. The first-order chi connectivity index (χ1) is 25.9. The highest BCUT2D eigenvalue weighted by Gasteiger charge is 2.64. The summed E-state index contributed by atoms with van der Waals surface area (Å²) < 4.78 is 48.7. The van der Waals surface area contributed by atoms with E-state index in [1.165, 1.54) is 40.6 Å². The van der Waals surface area contributed by atoms with E-state index in [0.29, 0.717) is 25.0 Å². The zero-order valence-electron chi connectivity index (χ0n) is 32.1. The minimum Gasteiger partial charge on any atom is -0.547 e. The first-order valence-electron chi connectivity index (χ1n) is 18.6. The largest absolute Gasteiger partial charge is 0.547 e. The second-order valence-corrected chi connectivity index (χ2v) is 22.7. The maximum atomic E-state index is 15.3. The van der Waals surface area contributed by atoms with Crippen molar-refractivity contribution in [3.63, 3.8) is 0 Å². The molecular weight excluding hydrogens is 743 g/mol. The minimum absolute atomic E-state index is 0.00210. The molecule has 6 rings (SSSR count). The predicted molar refractivity (Wildman–Crippen MR) is 207 cm³/mol. The Morgan fingerprint density at radius 3 is 2.40 bits per heavy atom. The Hall–Kier alpha value is -4.60. The molecule has 0 spiro atoms. The fourth-order valence-corrected chi connectivity index (χ4v) is 10.9. The smallest absolute Gasteiger partial charge is 0.411 e. The van der Waals surface area contributed by atoms with Crippen LogP contribution in [0.15, 0.2) is 95.3 Å². The quantitative estimate of drug-likeness (QED) is 0.104. The molecular formula is C40H49N3O10SSi. The van der Waals surface area contributed by atoms with Crippen LogP contribution < -0.4 is 0 Å².